The van der Waals surface area contributed by atoms with Crippen molar-refractivity contribution >= 4 is 0 Å². The molecule has 0 atom stereocenters. The number of benzene rings is 2. The zero-order valence-corrected chi connectivity index (χ0v) is 11.6. The second-order valence-electron chi connectivity index (χ2n) is 4.27. The van der Waals surface area contributed by atoms with Crippen LogP contribution in [0, 0.1) is 0 Å². The Hall–Kier alpha value is -2.36. The lowest BCUT2D eigenvalue weighted by atomic mass is 10.1. The smallest absolute Gasteiger partial charge is 0.125 e. The van der Waals surface area contributed by atoms with Crippen LogP contribution in [0.4, 0.5) is 0 Å². The van der Waals surface area contributed by atoms with Gasteiger partial charge in [-0.25, -0.2) is 0 Å². The van der Waals surface area contributed by atoms with E-state index in [4.69, 9.17) is 14.2 Å². The molecule has 2 aromatic carbocycles. The highest BCUT2D eigenvalue weighted by molar-refractivity contribution is 5.41. The maximum atomic E-state index is 9.36. The number of ether oxygens (including phenoxy) is 3. The van der Waals surface area contributed by atoms with Crippen molar-refractivity contribution in [2.24, 2.45) is 0 Å². The predicted molar refractivity (Wildman–Crippen MR) is 76.9 cm³/mol. The van der Waals surface area contributed by atoms with E-state index in [1.807, 2.05) is 24.3 Å². The van der Waals surface area contributed by atoms with E-state index in [9.17, 15) is 5.11 Å². The number of methoxy groups -OCH3 is 2. The summed E-state index contributed by atoms with van der Waals surface area (Å²) in [5.41, 5.74) is 1.05. The van der Waals surface area contributed by atoms with E-state index in [0.29, 0.717) is 18.8 Å². The first kappa shape index (κ1) is 14.1. The molecule has 0 aromatic heterocycles. The van der Waals surface area contributed by atoms with E-state index in [1.54, 1.807) is 32.4 Å². The van der Waals surface area contributed by atoms with Crippen LogP contribution in [0.15, 0.2) is 42.5 Å². The molecule has 20 heavy (non-hydrogen) atoms. The summed E-state index contributed by atoms with van der Waals surface area (Å²) >= 11 is 0. The van der Waals surface area contributed by atoms with Crippen molar-refractivity contribution < 1.29 is 19.3 Å². The molecule has 0 amide bonds. The Kier molecular flexibility index (Phi) is 4.71. The second kappa shape index (κ2) is 6.70. The lowest BCUT2D eigenvalue weighted by Crippen LogP contribution is -2.03. The van der Waals surface area contributed by atoms with E-state index in [0.717, 1.165) is 17.1 Å². The Morgan fingerprint density at radius 3 is 2.50 bits per heavy atom. The number of phenols is 1. The molecule has 0 aliphatic rings. The third-order valence-corrected chi connectivity index (χ3v) is 2.95. The van der Waals surface area contributed by atoms with E-state index in [-0.39, 0.29) is 5.75 Å². The monoisotopic (exact) mass is 274 g/mol. The first-order valence-corrected chi connectivity index (χ1v) is 6.35. The van der Waals surface area contributed by atoms with Gasteiger partial charge in [-0.15, -0.1) is 0 Å². The fraction of sp³-hybridized carbons (Fsp3) is 0.250. The number of hydrogen-bond acceptors (Lipinski definition) is 4. The van der Waals surface area contributed by atoms with Crippen LogP contribution in [-0.2, 0) is 6.42 Å². The quantitative estimate of drug-likeness (QED) is 0.879. The van der Waals surface area contributed by atoms with Gasteiger partial charge in [-0.3, -0.25) is 0 Å². The molecule has 0 fully saturated rings. The molecule has 2 rings (SSSR count). The van der Waals surface area contributed by atoms with E-state index in [2.05, 4.69) is 0 Å². The summed E-state index contributed by atoms with van der Waals surface area (Å²) in [6.07, 6.45) is 0.711. The Morgan fingerprint density at radius 2 is 1.80 bits per heavy atom. The van der Waals surface area contributed by atoms with Crippen molar-refractivity contribution in [1.29, 1.82) is 0 Å². The zero-order chi connectivity index (χ0) is 14.4. The molecule has 106 valence electrons. The number of hydrogen-bond donors (Lipinski definition) is 1. The van der Waals surface area contributed by atoms with E-state index >= 15 is 0 Å². The van der Waals surface area contributed by atoms with Crippen LogP contribution in [0.5, 0.6) is 23.0 Å². The molecule has 0 radical (unpaired) electrons. The van der Waals surface area contributed by atoms with Crippen LogP contribution >= 0.6 is 0 Å². The Labute approximate surface area is 118 Å². The van der Waals surface area contributed by atoms with Crippen LogP contribution in [0.2, 0.25) is 0 Å². The number of phenolic OH excluding ortho intramolecular Hbond substituents is 1. The molecule has 0 aliphatic carbocycles. The van der Waals surface area contributed by atoms with Crippen LogP contribution in [0.25, 0.3) is 0 Å². The Bertz CT molecular complexity index is 566. The summed E-state index contributed by atoms with van der Waals surface area (Å²) in [4.78, 5) is 0. The first-order chi connectivity index (χ1) is 9.72. The minimum atomic E-state index is 0.199. The summed E-state index contributed by atoms with van der Waals surface area (Å²) in [6.45, 7) is 0.506. The van der Waals surface area contributed by atoms with Crippen molar-refractivity contribution in [3.8, 4) is 23.0 Å². The van der Waals surface area contributed by atoms with Gasteiger partial charge >= 0.3 is 0 Å². The molecule has 0 bridgehead atoms. The first-order valence-electron chi connectivity index (χ1n) is 6.35. The normalized spacial score (nSPS) is 10.1. The number of aromatic hydroxyl groups is 1. The molecule has 0 saturated carbocycles. The van der Waals surface area contributed by atoms with Gasteiger partial charge in [-0.05, 0) is 23.8 Å². The van der Waals surface area contributed by atoms with E-state index in [1.165, 1.54) is 0 Å². The summed E-state index contributed by atoms with van der Waals surface area (Å²) < 4.78 is 16.1. The SMILES string of the molecule is COc1ccc(CCOc2cccc(O)c2)c(OC)c1. The van der Waals surface area contributed by atoms with Crippen LogP contribution < -0.4 is 14.2 Å². The largest absolute Gasteiger partial charge is 0.508 e. The highest BCUT2D eigenvalue weighted by Crippen LogP contribution is 2.25. The second-order valence-corrected chi connectivity index (χ2v) is 4.27. The molecule has 4 heteroatoms. The molecule has 0 heterocycles. The van der Waals surface area contributed by atoms with Crippen molar-refractivity contribution in [1.82, 2.24) is 0 Å². The molecule has 4 nitrogen and oxygen atoms in total. The van der Waals surface area contributed by atoms with Crippen LogP contribution in [-0.4, -0.2) is 25.9 Å². The van der Waals surface area contributed by atoms with Gasteiger partial charge in [0, 0.05) is 18.6 Å². The highest BCUT2D eigenvalue weighted by atomic mass is 16.5. The zero-order valence-electron chi connectivity index (χ0n) is 11.6. The summed E-state index contributed by atoms with van der Waals surface area (Å²) in [5.74, 6) is 2.39. The van der Waals surface area contributed by atoms with Gasteiger partial charge in [-0.1, -0.05) is 12.1 Å². The molecule has 0 saturated heterocycles. The average molecular weight is 274 g/mol. The van der Waals surface area contributed by atoms with Crippen molar-refractivity contribution in [2.75, 3.05) is 20.8 Å². The maximum Gasteiger partial charge on any atom is 0.125 e. The lowest BCUT2D eigenvalue weighted by Gasteiger charge is -2.11. The average Bonchev–Trinajstić information content (AvgIpc) is 2.47. The standard InChI is InChI=1S/C16H18O4/c1-18-14-7-6-12(16(11-14)19-2)8-9-20-15-5-3-4-13(17)10-15/h3-7,10-11,17H,8-9H2,1-2H3. The summed E-state index contributed by atoms with van der Waals surface area (Å²) in [6, 6.07) is 12.5. The fourth-order valence-corrected chi connectivity index (χ4v) is 1.91. The van der Waals surface area contributed by atoms with Gasteiger partial charge < -0.3 is 19.3 Å². The summed E-state index contributed by atoms with van der Waals surface area (Å²) in [7, 11) is 3.26. The molecule has 0 aliphatic heterocycles. The maximum absolute atomic E-state index is 9.36. The highest BCUT2D eigenvalue weighted by Gasteiger charge is 2.05. The van der Waals surface area contributed by atoms with Crippen LogP contribution in [0.1, 0.15) is 5.56 Å². The Morgan fingerprint density at radius 1 is 0.950 bits per heavy atom. The number of rotatable bonds is 6. The van der Waals surface area contributed by atoms with Crippen LogP contribution in [0.3, 0.4) is 0 Å². The third-order valence-electron chi connectivity index (χ3n) is 2.95. The minimum Gasteiger partial charge on any atom is -0.508 e. The Balaban J connectivity index is 1.97. The predicted octanol–water partition coefficient (Wildman–Crippen LogP) is 3.03. The molecule has 0 spiro atoms. The van der Waals surface area contributed by atoms with Gasteiger partial charge in [-0.2, -0.15) is 0 Å². The van der Waals surface area contributed by atoms with E-state index < -0.39 is 0 Å². The fourth-order valence-electron chi connectivity index (χ4n) is 1.91. The van der Waals surface area contributed by atoms with Gasteiger partial charge in [0.15, 0.2) is 0 Å². The van der Waals surface area contributed by atoms with Crippen molar-refractivity contribution in [3.05, 3.63) is 48.0 Å². The van der Waals surface area contributed by atoms with Gasteiger partial charge in [0.25, 0.3) is 0 Å². The summed E-state index contributed by atoms with van der Waals surface area (Å²) in [5, 5.41) is 9.36. The third kappa shape index (κ3) is 3.57. The molecule has 1 N–H and O–H groups in total. The minimum absolute atomic E-state index is 0.199. The molecule has 0 unspecified atom stereocenters. The van der Waals surface area contributed by atoms with Crippen molar-refractivity contribution in [2.45, 2.75) is 6.42 Å². The van der Waals surface area contributed by atoms with Crippen molar-refractivity contribution in [3.63, 3.8) is 0 Å². The van der Waals surface area contributed by atoms with Gasteiger partial charge in [0.2, 0.25) is 0 Å². The van der Waals surface area contributed by atoms with Gasteiger partial charge in [0.1, 0.15) is 23.0 Å². The molecule has 2 aromatic rings. The topological polar surface area (TPSA) is 47.9 Å². The lowest BCUT2D eigenvalue weighted by molar-refractivity contribution is 0.316. The molecular weight excluding hydrogens is 256 g/mol. The van der Waals surface area contributed by atoms with Gasteiger partial charge in [0.05, 0.1) is 20.8 Å². The molecular formula is C16H18O4.